The maximum atomic E-state index is 13.8. The van der Waals surface area contributed by atoms with Crippen molar-refractivity contribution in [2.75, 3.05) is 13.7 Å². The van der Waals surface area contributed by atoms with Crippen LogP contribution in [0.5, 0.6) is 5.88 Å². The SMILES string of the molecule is COCCn1c(C)c(C)c2ccnc(OCc3ccccc3F)c21. The molecule has 0 atom stereocenters. The van der Waals surface area contributed by atoms with E-state index in [1.165, 1.54) is 11.6 Å². The zero-order valence-corrected chi connectivity index (χ0v) is 14.2. The van der Waals surface area contributed by atoms with E-state index in [2.05, 4.69) is 23.4 Å². The zero-order valence-electron chi connectivity index (χ0n) is 14.2. The molecular weight excluding hydrogens is 307 g/mol. The second kappa shape index (κ2) is 7.01. The maximum Gasteiger partial charge on any atom is 0.238 e. The molecule has 0 amide bonds. The van der Waals surface area contributed by atoms with Gasteiger partial charge in [0.2, 0.25) is 5.88 Å². The summed E-state index contributed by atoms with van der Waals surface area (Å²) < 4.78 is 27.0. The van der Waals surface area contributed by atoms with Crippen LogP contribution in [-0.2, 0) is 17.9 Å². The minimum Gasteiger partial charge on any atom is -0.471 e. The van der Waals surface area contributed by atoms with Gasteiger partial charge in [-0.1, -0.05) is 18.2 Å². The topological polar surface area (TPSA) is 36.3 Å². The number of benzene rings is 1. The van der Waals surface area contributed by atoms with Crippen molar-refractivity contribution >= 4 is 10.9 Å². The summed E-state index contributed by atoms with van der Waals surface area (Å²) in [5.74, 6) is 0.245. The molecule has 0 fully saturated rings. The number of methoxy groups -OCH3 is 1. The average molecular weight is 328 g/mol. The van der Waals surface area contributed by atoms with Gasteiger partial charge in [-0.15, -0.1) is 0 Å². The monoisotopic (exact) mass is 328 g/mol. The van der Waals surface area contributed by atoms with Gasteiger partial charge in [-0.25, -0.2) is 9.37 Å². The van der Waals surface area contributed by atoms with E-state index in [9.17, 15) is 4.39 Å². The Hall–Kier alpha value is -2.40. The molecule has 126 valence electrons. The summed E-state index contributed by atoms with van der Waals surface area (Å²) >= 11 is 0. The van der Waals surface area contributed by atoms with E-state index in [1.54, 1.807) is 31.5 Å². The van der Waals surface area contributed by atoms with Crippen molar-refractivity contribution < 1.29 is 13.9 Å². The Labute approximate surface area is 140 Å². The number of halogens is 1. The lowest BCUT2D eigenvalue weighted by atomic mass is 10.2. The highest BCUT2D eigenvalue weighted by Gasteiger charge is 2.16. The molecule has 0 aliphatic rings. The fraction of sp³-hybridized carbons (Fsp3) is 0.316. The van der Waals surface area contributed by atoms with Crippen LogP contribution >= 0.6 is 0 Å². The summed E-state index contributed by atoms with van der Waals surface area (Å²) in [4.78, 5) is 4.37. The van der Waals surface area contributed by atoms with Crippen molar-refractivity contribution in [3.05, 3.63) is 59.2 Å². The Morgan fingerprint density at radius 3 is 2.71 bits per heavy atom. The first-order valence-corrected chi connectivity index (χ1v) is 7.93. The van der Waals surface area contributed by atoms with E-state index < -0.39 is 0 Å². The molecule has 0 unspecified atom stereocenters. The van der Waals surface area contributed by atoms with Gasteiger partial charge in [-0.05, 0) is 31.5 Å². The summed E-state index contributed by atoms with van der Waals surface area (Å²) in [5, 5.41) is 1.10. The molecule has 3 rings (SSSR count). The highest BCUT2D eigenvalue weighted by Crippen LogP contribution is 2.31. The predicted octanol–water partition coefficient (Wildman–Crippen LogP) is 4.02. The van der Waals surface area contributed by atoms with Crippen LogP contribution in [-0.4, -0.2) is 23.3 Å². The minimum absolute atomic E-state index is 0.145. The van der Waals surface area contributed by atoms with Crippen LogP contribution in [0.25, 0.3) is 10.9 Å². The van der Waals surface area contributed by atoms with Crippen LogP contribution < -0.4 is 4.74 Å². The van der Waals surface area contributed by atoms with Crippen LogP contribution in [0, 0.1) is 19.7 Å². The van der Waals surface area contributed by atoms with Crippen molar-refractivity contribution in [1.82, 2.24) is 9.55 Å². The van der Waals surface area contributed by atoms with Gasteiger partial charge in [0.25, 0.3) is 0 Å². The van der Waals surface area contributed by atoms with E-state index in [0.29, 0.717) is 24.6 Å². The molecule has 0 spiro atoms. The van der Waals surface area contributed by atoms with E-state index in [4.69, 9.17) is 9.47 Å². The first-order chi connectivity index (χ1) is 11.6. The lowest BCUT2D eigenvalue weighted by Crippen LogP contribution is -2.08. The number of hydrogen-bond acceptors (Lipinski definition) is 3. The summed E-state index contributed by atoms with van der Waals surface area (Å²) in [6.45, 7) is 5.62. The van der Waals surface area contributed by atoms with Gasteiger partial charge in [0.15, 0.2) is 0 Å². The summed E-state index contributed by atoms with van der Waals surface area (Å²) in [7, 11) is 1.68. The molecule has 4 nitrogen and oxygen atoms in total. The predicted molar refractivity (Wildman–Crippen MR) is 91.8 cm³/mol. The second-order valence-electron chi connectivity index (χ2n) is 5.75. The van der Waals surface area contributed by atoms with Crippen molar-refractivity contribution in [2.24, 2.45) is 0 Å². The normalized spacial score (nSPS) is 11.2. The zero-order chi connectivity index (χ0) is 17.1. The highest BCUT2D eigenvalue weighted by atomic mass is 19.1. The smallest absolute Gasteiger partial charge is 0.238 e. The van der Waals surface area contributed by atoms with Crippen molar-refractivity contribution in [3.8, 4) is 5.88 Å². The number of ether oxygens (including phenoxy) is 2. The van der Waals surface area contributed by atoms with Gasteiger partial charge in [0.1, 0.15) is 17.9 Å². The molecule has 2 aromatic heterocycles. The molecule has 1 aromatic carbocycles. The number of pyridine rings is 1. The lowest BCUT2D eigenvalue weighted by molar-refractivity contribution is 0.187. The molecular formula is C19H21FN2O2. The quantitative estimate of drug-likeness (QED) is 0.686. The number of rotatable bonds is 6. The van der Waals surface area contributed by atoms with Crippen molar-refractivity contribution in [3.63, 3.8) is 0 Å². The summed E-state index contributed by atoms with van der Waals surface area (Å²) in [6, 6.07) is 8.60. The van der Waals surface area contributed by atoms with E-state index in [1.807, 2.05) is 6.07 Å². The summed E-state index contributed by atoms with van der Waals surface area (Å²) in [6.07, 6.45) is 1.73. The van der Waals surface area contributed by atoms with Gasteiger partial charge in [0, 0.05) is 36.5 Å². The number of nitrogens with zero attached hydrogens (tertiary/aromatic N) is 2. The molecule has 24 heavy (non-hydrogen) atoms. The van der Waals surface area contributed by atoms with Crippen LogP contribution in [0.2, 0.25) is 0 Å². The van der Waals surface area contributed by atoms with Crippen LogP contribution in [0.3, 0.4) is 0 Å². The third-order valence-electron chi connectivity index (χ3n) is 4.35. The Bertz CT molecular complexity index is 858. The van der Waals surface area contributed by atoms with Crippen LogP contribution in [0.4, 0.5) is 4.39 Å². The maximum absolute atomic E-state index is 13.8. The van der Waals surface area contributed by atoms with Crippen molar-refractivity contribution in [2.45, 2.75) is 27.0 Å². The third-order valence-corrected chi connectivity index (χ3v) is 4.35. The minimum atomic E-state index is -0.271. The van der Waals surface area contributed by atoms with E-state index >= 15 is 0 Å². The van der Waals surface area contributed by atoms with Gasteiger partial charge in [-0.2, -0.15) is 0 Å². The number of aromatic nitrogens is 2. The van der Waals surface area contributed by atoms with Gasteiger partial charge < -0.3 is 14.0 Å². The molecule has 2 heterocycles. The number of hydrogen-bond donors (Lipinski definition) is 0. The molecule has 0 aliphatic carbocycles. The van der Waals surface area contributed by atoms with E-state index in [-0.39, 0.29) is 12.4 Å². The Morgan fingerprint density at radius 2 is 1.96 bits per heavy atom. The molecule has 5 heteroatoms. The first kappa shape index (κ1) is 16.5. The standard InChI is InChI=1S/C19H21FN2O2/c1-13-14(2)22(10-11-23-3)18-16(13)8-9-21-19(18)24-12-15-6-4-5-7-17(15)20/h4-9H,10-12H2,1-3H3. The molecule has 3 aromatic rings. The van der Waals surface area contributed by atoms with Gasteiger partial charge in [0.05, 0.1) is 6.61 Å². The Kier molecular flexibility index (Phi) is 4.81. The first-order valence-electron chi connectivity index (χ1n) is 7.93. The molecule has 0 saturated carbocycles. The fourth-order valence-corrected chi connectivity index (χ4v) is 2.89. The summed E-state index contributed by atoms with van der Waals surface area (Å²) in [5.41, 5.74) is 3.80. The average Bonchev–Trinajstić information content (AvgIpc) is 2.84. The van der Waals surface area contributed by atoms with Crippen molar-refractivity contribution in [1.29, 1.82) is 0 Å². The van der Waals surface area contributed by atoms with Gasteiger partial charge in [-0.3, -0.25) is 0 Å². The van der Waals surface area contributed by atoms with E-state index in [0.717, 1.165) is 16.6 Å². The lowest BCUT2D eigenvalue weighted by Gasteiger charge is -2.12. The van der Waals surface area contributed by atoms with Crippen LogP contribution in [0.15, 0.2) is 36.5 Å². The Balaban J connectivity index is 1.98. The molecule has 0 aliphatic heterocycles. The molecule has 0 N–H and O–H groups in total. The molecule has 0 saturated heterocycles. The number of fused-ring (bicyclic) bond motifs is 1. The third kappa shape index (κ3) is 2.99. The molecule has 0 bridgehead atoms. The fourth-order valence-electron chi connectivity index (χ4n) is 2.89. The van der Waals surface area contributed by atoms with Gasteiger partial charge >= 0.3 is 0 Å². The van der Waals surface area contributed by atoms with Crippen LogP contribution in [0.1, 0.15) is 16.8 Å². The highest BCUT2D eigenvalue weighted by molar-refractivity contribution is 5.88. The number of aryl methyl sites for hydroxylation is 1. The molecule has 0 radical (unpaired) electrons. The Morgan fingerprint density at radius 1 is 1.17 bits per heavy atom. The second-order valence-corrected chi connectivity index (χ2v) is 5.75. The largest absolute Gasteiger partial charge is 0.471 e.